The van der Waals surface area contributed by atoms with Gasteiger partial charge in [-0.3, -0.25) is 9.59 Å². The zero-order valence-corrected chi connectivity index (χ0v) is 11.3. The zero-order chi connectivity index (χ0) is 13.8. The summed E-state index contributed by atoms with van der Waals surface area (Å²) in [6.45, 7) is 3.99. The molecular formula is C15H20N2O2. The van der Waals surface area contributed by atoms with Crippen LogP contribution >= 0.6 is 0 Å². The van der Waals surface area contributed by atoms with Gasteiger partial charge in [0.15, 0.2) is 0 Å². The van der Waals surface area contributed by atoms with Crippen LogP contribution in [0.2, 0.25) is 0 Å². The highest BCUT2D eigenvalue weighted by atomic mass is 16.2. The van der Waals surface area contributed by atoms with Crippen LogP contribution < -0.4 is 10.6 Å². The van der Waals surface area contributed by atoms with Crippen molar-refractivity contribution < 1.29 is 9.59 Å². The van der Waals surface area contributed by atoms with Crippen LogP contribution in [0.4, 0.5) is 0 Å². The molecule has 0 saturated carbocycles. The second kappa shape index (κ2) is 5.87. The molecule has 0 radical (unpaired) electrons. The first-order valence-corrected chi connectivity index (χ1v) is 6.76. The summed E-state index contributed by atoms with van der Waals surface area (Å²) < 4.78 is 0. The van der Waals surface area contributed by atoms with Crippen LogP contribution in [0.25, 0.3) is 0 Å². The van der Waals surface area contributed by atoms with Crippen LogP contribution in [0.1, 0.15) is 25.8 Å². The van der Waals surface area contributed by atoms with Crippen molar-refractivity contribution in [2.24, 2.45) is 5.92 Å². The van der Waals surface area contributed by atoms with Crippen molar-refractivity contribution in [2.45, 2.75) is 38.8 Å². The highest BCUT2D eigenvalue weighted by Gasteiger charge is 2.35. The van der Waals surface area contributed by atoms with E-state index in [4.69, 9.17) is 0 Å². The van der Waals surface area contributed by atoms with E-state index in [9.17, 15) is 9.59 Å². The molecule has 1 aromatic carbocycles. The monoisotopic (exact) mass is 260 g/mol. The van der Waals surface area contributed by atoms with Crippen molar-refractivity contribution in [3.8, 4) is 0 Å². The molecule has 0 spiro atoms. The predicted octanol–water partition coefficient (Wildman–Crippen LogP) is 1.26. The van der Waals surface area contributed by atoms with E-state index in [2.05, 4.69) is 10.6 Å². The van der Waals surface area contributed by atoms with Gasteiger partial charge in [0.1, 0.15) is 12.1 Å². The average Bonchev–Trinajstić information content (AvgIpc) is 2.43. The van der Waals surface area contributed by atoms with Crippen LogP contribution in [0.15, 0.2) is 30.3 Å². The summed E-state index contributed by atoms with van der Waals surface area (Å²) in [5, 5.41) is 5.67. The first kappa shape index (κ1) is 13.6. The van der Waals surface area contributed by atoms with E-state index in [1.165, 1.54) is 0 Å². The van der Waals surface area contributed by atoms with Crippen molar-refractivity contribution >= 4 is 11.8 Å². The molecule has 102 valence electrons. The molecule has 2 amide bonds. The van der Waals surface area contributed by atoms with Crippen LogP contribution in [-0.4, -0.2) is 23.9 Å². The molecule has 1 heterocycles. The molecule has 1 fully saturated rings. The van der Waals surface area contributed by atoms with Crippen LogP contribution in [0.3, 0.4) is 0 Å². The number of nitrogens with one attached hydrogen (secondary N) is 2. The van der Waals surface area contributed by atoms with Gasteiger partial charge in [0, 0.05) is 6.42 Å². The Kier molecular flexibility index (Phi) is 4.20. The van der Waals surface area contributed by atoms with Gasteiger partial charge in [0.2, 0.25) is 11.8 Å². The Bertz CT molecular complexity index is 458. The molecule has 4 heteroatoms. The van der Waals surface area contributed by atoms with E-state index in [0.29, 0.717) is 6.42 Å². The lowest BCUT2D eigenvalue weighted by Gasteiger charge is -2.32. The van der Waals surface area contributed by atoms with Crippen molar-refractivity contribution in [3.05, 3.63) is 35.9 Å². The number of carbonyl (C=O) groups excluding carboxylic acids is 2. The highest BCUT2D eigenvalue weighted by molar-refractivity contribution is 5.97. The van der Waals surface area contributed by atoms with E-state index < -0.39 is 12.1 Å². The summed E-state index contributed by atoms with van der Waals surface area (Å²) in [6, 6.07) is 8.85. The maximum atomic E-state index is 12.0. The molecule has 2 N–H and O–H groups in total. The van der Waals surface area contributed by atoms with Crippen LogP contribution in [0, 0.1) is 5.92 Å². The summed E-state index contributed by atoms with van der Waals surface area (Å²) in [4.78, 5) is 24.1. The second-order valence-corrected chi connectivity index (χ2v) is 5.12. The molecule has 0 unspecified atom stereocenters. The number of rotatable bonds is 4. The van der Waals surface area contributed by atoms with Gasteiger partial charge in [-0.25, -0.2) is 0 Å². The molecule has 1 aromatic rings. The summed E-state index contributed by atoms with van der Waals surface area (Å²) in [7, 11) is 0. The Labute approximate surface area is 113 Å². The molecule has 3 atom stereocenters. The van der Waals surface area contributed by atoms with E-state index >= 15 is 0 Å². The van der Waals surface area contributed by atoms with E-state index in [1.807, 2.05) is 44.2 Å². The number of piperazine rings is 1. The number of carbonyl (C=O) groups is 2. The van der Waals surface area contributed by atoms with Gasteiger partial charge < -0.3 is 10.6 Å². The predicted molar refractivity (Wildman–Crippen MR) is 73.5 cm³/mol. The fourth-order valence-electron chi connectivity index (χ4n) is 2.28. The Balaban J connectivity index is 2.03. The molecular weight excluding hydrogens is 240 g/mol. The third-order valence-corrected chi connectivity index (χ3v) is 3.71. The lowest BCUT2D eigenvalue weighted by atomic mass is 9.94. The summed E-state index contributed by atoms with van der Waals surface area (Å²) in [5.41, 5.74) is 1.05. The molecule has 4 nitrogen and oxygen atoms in total. The van der Waals surface area contributed by atoms with Gasteiger partial charge in [-0.05, 0) is 11.5 Å². The number of hydrogen-bond donors (Lipinski definition) is 2. The third kappa shape index (κ3) is 3.13. The Hall–Kier alpha value is -1.84. The standard InChI is InChI=1S/C15H20N2O2/c1-3-10(2)13-15(19)16-12(14(18)17-13)9-11-7-5-4-6-8-11/h4-8,10,12-13H,3,9H2,1-2H3,(H,16,19)(H,17,18)/t10-,12+,13-/m1/s1. The first-order valence-electron chi connectivity index (χ1n) is 6.76. The Morgan fingerprint density at radius 1 is 1.11 bits per heavy atom. The van der Waals surface area contributed by atoms with Crippen molar-refractivity contribution in [2.75, 3.05) is 0 Å². The fraction of sp³-hybridized carbons (Fsp3) is 0.467. The highest BCUT2D eigenvalue weighted by Crippen LogP contribution is 2.13. The van der Waals surface area contributed by atoms with Crippen molar-refractivity contribution in [3.63, 3.8) is 0 Å². The molecule has 0 bridgehead atoms. The van der Waals surface area contributed by atoms with Crippen LogP contribution in [-0.2, 0) is 16.0 Å². The first-order chi connectivity index (χ1) is 9.11. The molecule has 0 aromatic heterocycles. The number of hydrogen-bond acceptors (Lipinski definition) is 2. The van der Waals surface area contributed by atoms with Gasteiger partial charge in [-0.15, -0.1) is 0 Å². The van der Waals surface area contributed by atoms with E-state index in [-0.39, 0.29) is 17.7 Å². The third-order valence-electron chi connectivity index (χ3n) is 3.71. The topological polar surface area (TPSA) is 58.2 Å². The number of amides is 2. The number of benzene rings is 1. The van der Waals surface area contributed by atoms with Gasteiger partial charge in [0.05, 0.1) is 0 Å². The molecule has 1 aliphatic heterocycles. The van der Waals surface area contributed by atoms with Gasteiger partial charge in [-0.1, -0.05) is 50.6 Å². The quantitative estimate of drug-likeness (QED) is 0.856. The summed E-state index contributed by atoms with van der Waals surface area (Å²) in [6.07, 6.45) is 1.40. The minimum absolute atomic E-state index is 0.0742. The molecule has 19 heavy (non-hydrogen) atoms. The average molecular weight is 260 g/mol. The maximum absolute atomic E-state index is 12.0. The summed E-state index contributed by atoms with van der Waals surface area (Å²) >= 11 is 0. The van der Waals surface area contributed by atoms with Crippen molar-refractivity contribution in [1.29, 1.82) is 0 Å². The second-order valence-electron chi connectivity index (χ2n) is 5.12. The summed E-state index contributed by atoms with van der Waals surface area (Å²) in [5.74, 6) is -0.00902. The van der Waals surface area contributed by atoms with E-state index in [0.717, 1.165) is 12.0 Å². The lowest BCUT2D eigenvalue weighted by molar-refractivity contribution is -0.138. The Morgan fingerprint density at radius 3 is 2.42 bits per heavy atom. The van der Waals surface area contributed by atoms with Gasteiger partial charge in [-0.2, -0.15) is 0 Å². The smallest absolute Gasteiger partial charge is 0.243 e. The van der Waals surface area contributed by atoms with Crippen LogP contribution in [0.5, 0.6) is 0 Å². The molecule has 1 saturated heterocycles. The Morgan fingerprint density at radius 2 is 1.79 bits per heavy atom. The maximum Gasteiger partial charge on any atom is 0.243 e. The van der Waals surface area contributed by atoms with Crippen molar-refractivity contribution in [1.82, 2.24) is 10.6 Å². The SMILES string of the molecule is CC[C@@H](C)[C@H]1NC(=O)[C@H](Cc2ccccc2)NC1=O. The minimum atomic E-state index is -0.463. The minimum Gasteiger partial charge on any atom is -0.342 e. The molecule has 2 rings (SSSR count). The molecule has 1 aliphatic rings. The largest absolute Gasteiger partial charge is 0.342 e. The zero-order valence-electron chi connectivity index (χ0n) is 11.3. The van der Waals surface area contributed by atoms with Gasteiger partial charge >= 0.3 is 0 Å². The molecule has 0 aliphatic carbocycles. The van der Waals surface area contributed by atoms with Gasteiger partial charge in [0.25, 0.3) is 0 Å². The normalized spacial score (nSPS) is 24.5. The fourth-order valence-corrected chi connectivity index (χ4v) is 2.28. The lowest BCUT2D eigenvalue weighted by Crippen LogP contribution is -2.63. The van der Waals surface area contributed by atoms with E-state index in [1.54, 1.807) is 0 Å².